The Hall–Kier alpha value is -0.340. The molecule has 3 N–H and O–H groups in total. The van der Waals surface area contributed by atoms with Crippen molar-refractivity contribution in [1.29, 1.82) is 0 Å². The number of nitrogens with two attached hydrogens (primary N) is 1. The van der Waals surface area contributed by atoms with Gasteiger partial charge in [0.15, 0.2) is 0 Å². The number of hydrogen-bond donors (Lipinski definition) is 2. The molecular formula is C8H15NO. The third-order valence-electron chi connectivity index (χ3n) is 2.25. The number of aliphatic hydroxyl groups excluding tert-OH is 1. The lowest BCUT2D eigenvalue weighted by Crippen LogP contribution is -2.27. The fraction of sp³-hybridized carbons (Fsp3) is 0.750. The number of aliphatic hydroxyl groups is 1. The first-order valence-electron chi connectivity index (χ1n) is 3.84. The molecule has 0 amide bonds. The van der Waals surface area contributed by atoms with E-state index in [4.69, 9.17) is 10.8 Å². The molecule has 0 spiro atoms. The van der Waals surface area contributed by atoms with E-state index in [1.54, 1.807) is 0 Å². The van der Waals surface area contributed by atoms with Crippen molar-refractivity contribution in [3.05, 3.63) is 12.2 Å². The average Bonchev–Trinajstić information content (AvgIpc) is 2.04. The van der Waals surface area contributed by atoms with Gasteiger partial charge < -0.3 is 10.8 Å². The van der Waals surface area contributed by atoms with Gasteiger partial charge in [-0.2, -0.15) is 0 Å². The summed E-state index contributed by atoms with van der Waals surface area (Å²) in [5.41, 5.74) is 5.52. The van der Waals surface area contributed by atoms with Gasteiger partial charge in [0.2, 0.25) is 0 Å². The molecule has 0 aromatic carbocycles. The maximum absolute atomic E-state index is 8.90. The lowest BCUT2D eigenvalue weighted by molar-refractivity contribution is 0.174. The van der Waals surface area contributed by atoms with Crippen molar-refractivity contribution in [2.75, 3.05) is 13.2 Å². The van der Waals surface area contributed by atoms with Crippen LogP contribution in [0.15, 0.2) is 12.2 Å². The summed E-state index contributed by atoms with van der Waals surface area (Å²) in [4.78, 5) is 0. The van der Waals surface area contributed by atoms with Crippen LogP contribution in [0.2, 0.25) is 0 Å². The molecule has 2 atom stereocenters. The molecule has 10 heavy (non-hydrogen) atoms. The van der Waals surface area contributed by atoms with Gasteiger partial charge in [-0.05, 0) is 31.2 Å². The Labute approximate surface area is 61.7 Å². The normalized spacial score (nSPS) is 32.6. The molecule has 0 aromatic heterocycles. The first-order valence-corrected chi connectivity index (χ1v) is 3.84. The van der Waals surface area contributed by atoms with Crippen LogP contribution in [0, 0.1) is 11.8 Å². The Kier molecular flexibility index (Phi) is 2.90. The fourth-order valence-electron chi connectivity index (χ4n) is 1.44. The van der Waals surface area contributed by atoms with Gasteiger partial charge in [0.05, 0.1) is 0 Å². The Balaban J connectivity index is 2.45. The quantitative estimate of drug-likeness (QED) is 0.551. The largest absolute Gasteiger partial charge is 0.396 e. The first kappa shape index (κ1) is 7.76. The van der Waals surface area contributed by atoms with Crippen molar-refractivity contribution in [3.8, 4) is 0 Å². The molecule has 0 radical (unpaired) electrons. The van der Waals surface area contributed by atoms with E-state index in [9.17, 15) is 0 Å². The minimum Gasteiger partial charge on any atom is -0.396 e. The summed E-state index contributed by atoms with van der Waals surface area (Å²) in [5.74, 6) is 0.921. The molecule has 0 bridgehead atoms. The summed E-state index contributed by atoms with van der Waals surface area (Å²) < 4.78 is 0. The highest BCUT2D eigenvalue weighted by molar-refractivity contribution is 4.94. The van der Waals surface area contributed by atoms with E-state index in [0.29, 0.717) is 18.4 Å². The third kappa shape index (κ3) is 1.58. The third-order valence-corrected chi connectivity index (χ3v) is 2.25. The van der Waals surface area contributed by atoms with Crippen molar-refractivity contribution in [2.24, 2.45) is 17.6 Å². The second-order valence-electron chi connectivity index (χ2n) is 2.88. The van der Waals surface area contributed by atoms with Crippen molar-refractivity contribution in [1.82, 2.24) is 0 Å². The van der Waals surface area contributed by atoms with Crippen LogP contribution in [0.25, 0.3) is 0 Å². The standard InChI is InChI=1S/C8H15NO/c9-5-7-3-1-2-4-8(7)6-10/h1-2,7-8,10H,3-6,9H2/t7-,8+/m0/s1. The van der Waals surface area contributed by atoms with Crippen molar-refractivity contribution in [3.63, 3.8) is 0 Å². The molecule has 1 rings (SSSR count). The summed E-state index contributed by atoms with van der Waals surface area (Å²) in [6.45, 7) is 0.988. The van der Waals surface area contributed by atoms with E-state index in [1.165, 1.54) is 0 Å². The molecule has 58 valence electrons. The second-order valence-corrected chi connectivity index (χ2v) is 2.88. The lowest BCUT2D eigenvalue weighted by atomic mass is 9.84. The van der Waals surface area contributed by atoms with Gasteiger partial charge >= 0.3 is 0 Å². The molecule has 1 aliphatic carbocycles. The van der Waals surface area contributed by atoms with E-state index < -0.39 is 0 Å². The van der Waals surface area contributed by atoms with Crippen LogP contribution in [0.5, 0.6) is 0 Å². The highest BCUT2D eigenvalue weighted by Gasteiger charge is 2.19. The highest BCUT2D eigenvalue weighted by Crippen LogP contribution is 2.23. The molecule has 0 saturated heterocycles. The minimum absolute atomic E-state index is 0.284. The second kappa shape index (κ2) is 3.74. The van der Waals surface area contributed by atoms with Crippen molar-refractivity contribution >= 4 is 0 Å². The van der Waals surface area contributed by atoms with Gasteiger partial charge in [0.25, 0.3) is 0 Å². The zero-order valence-corrected chi connectivity index (χ0v) is 6.16. The Morgan fingerprint density at radius 2 is 1.90 bits per heavy atom. The van der Waals surface area contributed by atoms with Crippen LogP contribution in [0.4, 0.5) is 0 Å². The predicted molar refractivity (Wildman–Crippen MR) is 41.5 cm³/mol. The van der Waals surface area contributed by atoms with Gasteiger partial charge in [-0.1, -0.05) is 12.2 Å². The average molecular weight is 141 g/mol. The topological polar surface area (TPSA) is 46.2 Å². The van der Waals surface area contributed by atoms with Crippen LogP contribution in [-0.2, 0) is 0 Å². The molecule has 0 aliphatic heterocycles. The summed E-state index contributed by atoms with van der Waals surface area (Å²) in [6.07, 6.45) is 6.33. The SMILES string of the molecule is NC[C@@H]1CC=CC[C@@H]1CO. The molecule has 0 unspecified atom stereocenters. The number of allylic oxidation sites excluding steroid dienone is 2. The summed E-state index contributed by atoms with van der Waals surface area (Å²) in [6, 6.07) is 0. The summed E-state index contributed by atoms with van der Waals surface area (Å²) in [7, 11) is 0. The zero-order chi connectivity index (χ0) is 7.40. The first-order chi connectivity index (χ1) is 4.88. The predicted octanol–water partition coefficient (Wildman–Crippen LogP) is 0.520. The minimum atomic E-state index is 0.284. The molecule has 1 aliphatic rings. The van der Waals surface area contributed by atoms with E-state index >= 15 is 0 Å². The van der Waals surface area contributed by atoms with Crippen LogP contribution in [0.3, 0.4) is 0 Å². The Bertz CT molecular complexity index is 108. The van der Waals surface area contributed by atoms with Gasteiger partial charge in [-0.15, -0.1) is 0 Å². The molecular weight excluding hydrogens is 126 g/mol. The number of hydrogen-bond acceptors (Lipinski definition) is 2. The maximum Gasteiger partial charge on any atom is 0.0465 e. The van der Waals surface area contributed by atoms with Crippen LogP contribution in [0.1, 0.15) is 12.8 Å². The molecule has 0 saturated carbocycles. The Morgan fingerprint density at radius 1 is 1.30 bits per heavy atom. The maximum atomic E-state index is 8.90. The number of rotatable bonds is 2. The van der Waals surface area contributed by atoms with Crippen LogP contribution < -0.4 is 5.73 Å². The molecule has 2 heteroatoms. The van der Waals surface area contributed by atoms with Crippen LogP contribution in [-0.4, -0.2) is 18.3 Å². The van der Waals surface area contributed by atoms with Gasteiger partial charge in [0, 0.05) is 6.61 Å². The van der Waals surface area contributed by atoms with E-state index in [0.717, 1.165) is 12.8 Å². The molecule has 2 nitrogen and oxygen atoms in total. The Morgan fingerprint density at radius 3 is 2.30 bits per heavy atom. The summed E-state index contributed by atoms with van der Waals surface area (Å²) >= 11 is 0. The van der Waals surface area contributed by atoms with E-state index in [-0.39, 0.29) is 6.61 Å². The van der Waals surface area contributed by atoms with Gasteiger partial charge in [0.1, 0.15) is 0 Å². The fourth-order valence-corrected chi connectivity index (χ4v) is 1.44. The van der Waals surface area contributed by atoms with Crippen LogP contribution >= 0.6 is 0 Å². The smallest absolute Gasteiger partial charge is 0.0465 e. The van der Waals surface area contributed by atoms with E-state index in [2.05, 4.69) is 12.2 Å². The van der Waals surface area contributed by atoms with Crippen molar-refractivity contribution < 1.29 is 5.11 Å². The zero-order valence-electron chi connectivity index (χ0n) is 6.16. The highest BCUT2D eigenvalue weighted by atomic mass is 16.3. The van der Waals surface area contributed by atoms with Gasteiger partial charge in [-0.25, -0.2) is 0 Å². The molecule has 0 heterocycles. The van der Waals surface area contributed by atoms with Gasteiger partial charge in [-0.3, -0.25) is 0 Å². The monoisotopic (exact) mass is 141 g/mol. The molecule has 0 fully saturated rings. The lowest BCUT2D eigenvalue weighted by Gasteiger charge is -2.25. The van der Waals surface area contributed by atoms with Crippen molar-refractivity contribution in [2.45, 2.75) is 12.8 Å². The van der Waals surface area contributed by atoms with E-state index in [1.807, 2.05) is 0 Å². The molecule has 0 aromatic rings. The summed E-state index contributed by atoms with van der Waals surface area (Å²) in [5, 5.41) is 8.90.